The molecule has 0 radical (unpaired) electrons. The molecule has 2 aromatic carbocycles. The van der Waals surface area contributed by atoms with E-state index in [-0.39, 0.29) is 23.6 Å². The predicted octanol–water partition coefficient (Wildman–Crippen LogP) is 3.89. The zero-order valence-corrected chi connectivity index (χ0v) is 13.6. The van der Waals surface area contributed by atoms with Crippen molar-refractivity contribution in [2.45, 2.75) is 38.3 Å². The molecule has 5 nitrogen and oxygen atoms in total. The Morgan fingerprint density at radius 2 is 1.75 bits per heavy atom. The normalized spacial score (nSPS) is 20.9. The lowest BCUT2D eigenvalue weighted by molar-refractivity contribution is -0.384. The molecule has 1 fully saturated rings. The van der Waals surface area contributed by atoms with Gasteiger partial charge in [-0.3, -0.25) is 14.9 Å². The van der Waals surface area contributed by atoms with Crippen LogP contribution in [0.5, 0.6) is 0 Å². The van der Waals surface area contributed by atoms with Gasteiger partial charge >= 0.3 is 0 Å². The third-order valence-corrected chi connectivity index (χ3v) is 4.69. The first kappa shape index (κ1) is 16.2. The number of amides is 1. The predicted molar refractivity (Wildman–Crippen MR) is 91.5 cm³/mol. The number of carbonyl (C=O) groups is 1. The number of hydrogen-bond donors (Lipinski definition) is 0. The Hall–Kier alpha value is -2.69. The number of rotatable bonds is 4. The van der Waals surface area contributed by atoms with Crippen molar-refractivity contribution < 1.29 is 9.72 Å². The van der Waals surface area contributed by atoms with Crippen molar-refractivity contribution in [3.8, 4) is 0 Å². The van der Waals surface area contributed by atoms with Gasteiger partial charge in [0.1, 0.15) is 0 Å². The van der Waals surface area contributed by atoms with Gasteiger partial charge in [0, 0.05) is 24.7 Å². The maximum atomic E-state index is 13.0. The summed E-state index contributed by atoms with van der Waals surface area (Å²) in [4.78, 5) is 25.2. The molecular formula is C19H20N2O3. The standard InChI is InChI=1S/C19H20N2O3/c1-14-7-12-18(16-8-10-17(11-9-16)21(23)24)19(22)20(14)13-15-5-3-2-4-6-15/h2-6,8-11,14,18H,7,12-13H2,1H3/t14-,18?/m1/s1. The first-order chi connectivity index (χ1) is 11.6. The second kappa shape index (κ2) is 6.83. The molecule has 2 atom stereocenters. The van der Waals surface area contributed by atoms with Gasteiger partial charge in [0.25, 0.3) is 5.69 Å². The second-order valence-corrected chi connectivity index (χ2v) is 6.28. The Morgan fingerprint density at radius 1 is 1.08 bits per heavy atom. The lowest BCUT2D eigenvalue weighted by Gasteiger charge is -2.38. The summed E-state index contributed by atoms with van der Waals surface area (Å²) in [5.41, 5.74) is 2.02. The fourth-order valence-corrected chi connectivity index (χ4v) is 3.26. The quantitative estimate of drug-likeness (QED) is 0.633. The van der Waals surface area contributed by atoms with Crippen LogP contribution in [0.4, 0.5) is 5.69 Å². The van der Waals surface area contributed by atoms with Crippen molar-refractivity contribution >= 4 is 11.6 Å². The maximum Gasteiger partial charge on any atom is 0.269 e. The van der Waals surface area contributed by atoms with Crippen LogP contribution in [0.3, 0.4) is 0 Å². The average Bonchev–Trinajstić information content (AvgIpc) is 2.60. The van der Waals surface area contributed by atoms with Gasteiger partial charge < -0.3 is 4.90 Å². The molecule has 1 amide bonds. The van der Waals surface area contributed by atoms with E-state index in [2.05, 4.69) is 6.92 Å². The van der Waals surface area contributed by atoms with Crippen LogP contribution in [0.1, 0.15) is 36.8 Å². The Kier molecular flexibility index (Phi) is 4.60. The van der Waals surface area contributed by atoms with Gasteiger partial charge in [0.2, 0.25) is 5.91 Å². The van der Waals surface area contributed by atoms with Crippen LogP contribution in [0.15, 0.2) is 54.6 Å². The van der Waals surface area contributed by atoms with E-state index in [1.165, 1.54) is 12.1 Å². The first-order valence-corrected chi connectivity index (χ1v) is 8.15. The number of non-ortho nitro benzene ring substituents is 1. The number of likely N-dealkylation sites (tertiary alicyclic amines) is 1. The van der Waals surface area contributed by atoms with Crippen molar-refractivity contribution in [3.05, 3.63) is 75.8 Å². The summed E-state index contributed by atoms with van der Waals surface area (Å²) in [5.74, 6) is -0.114. The lowest BCUT2D eigenvalue weighted by atomic mass is 9.86. The molecule has 1 unspecified atom stereocenters. The van der Waals surface area contributed by atoms with Crippen LogP contribution in [0.2, 0.25) is 0 Å². The van der Waals surface area contributed by atoms with Crippen molar-refractivity contribution in [2.75, 3.05) is 0 Å². The van der Waals surface area contributed by atoms with E-state index < -0.39 is 4.92 Å². The first-order valence-electron chi connectivity index (χ1n) is 8.15. The smallest absolute Gasteiger partial charge is 0.269 e. The minimum Gasteiger partial charge on any atom is -0.335 e. The van der Waals surface area contributed by atoms with Gasteiger partial charge in [-0.1, -0.05) is 42.5 Å². The molecule has 0 spiro atoms. The number of nitrogens with zero attached hydrogens (tertiary/aromatic N) is 2. The number of benzene rings is 2. The molecule has 5 heteroatoms. The molecule has 1 saturated heterocycles. The van der Waals surface area contributed by atoms with Gasteiger partial charge in [0.05, 0.1) is 10.8 Å². The minimum atomic E-state index is -0.420. The van der Waals surface area contributed by atoms with E-state index in [1.807, 2.05) is 35.2 Å². The van der Waals surface area contributed by atoms with Crippen LogP contribution >= 0.6 is 0 Å². The maximum absolute atomic E-state index is 13.0. The highest BCUT2D eigenvalue weighted by Gasteiger charge is 2.34. The van der Waals surface area contributed by atoms with E-state index in [9.17, 15) is 14.9 Å². The van der Waals surface area contributed by atoms with E-state index in [0.717, 1.165) is 24.0 Å². The summed E-state index contributed by atoms with van der Waals surface area (Å²) < 4.78 is 0. The monoisotopic (exact) mass is 324 g/mol. The Balaban J connectivity index is 1.80. The molecule has 1 aliphatic rings. The SMILES string of the molecule is C[C@@H]1CCC(c2ccc([N+](=O)[O-])cc2)C(=O)N1Cc1ccccc1. The molecule has 3 rings (SSSR count). The molecule has 0 aliphatic carbocycles. The highest BCUT2D eigenvalue weighted by molar-refractivity contribution is 5.84. The molecule has 24 heavy (non-hydrogen) atoms. The van der Waals surface area contributed by atoms with Crippen molar-refractivity contribution in [1.82, 2.24) is 4.90 Å². The highest BCUT2D eigenvalue weighted by Crippen LogP contribution is 2.33. The summed E-state index contributed by atoms with van der Waals surface area (Å²) >= 11 is 0. The van der Waals surface area contributed by atoms with E-state index in [0.29, 0.717) is 6.54 Å². The number of nitro groups is 1. The number of carbonyl (C=O) groups excluding carboxylic acids is 1. The number of piperidine rings is 1. The third kappa shape index (κ3) is 3.30. The van der Waals surface area contributed by atoms with E-state index >= 15 is 0 Å². The number of nitro benzene ring substituents is 1. The molecule has 0 aromatic heterocycles. The van der Waals surface area contributed by atoms with Crippen LogP contribution in [-0.2, 0) is 11.3 Å². The fourth-order valence-electron chi connectivity index (χ4n) is 3.26. The minimum absolute atomic E-state index is 0.0523. The van der Waals surface area contributed by atoms with E-state index in [1.54, 1.807) is 12.1 Å². The Morgan fingerprint density at radius 3 is 2.38 bits per heavy atom. The van der Waals surface area contributed by atoms with Gasteiger partial charge in [-0.05, 0) is 30.9 Å². The summed E-state index contributed by atoms with van der Waals surface area (Å²) in [5, 5.41) is 10.8. The Bertz CT molecular complexity index is 728. The van der Waals surface area contributed by atoms with Gasteiger partial charge in [-0.25, -0.2) is 0 Å². The third-order valence-electron chi connectivity index (χ3n) is 4.69. The molecule has 124 valence electrons. The van der Waals surface area contributed by atoms with Crippen LogP contribution in [0, 0.1) is 10.1 Å². The summed E-state index contributed by atoms with van der Waals surface area (Å²) in [7, 11) is 0. The second-order valence-electron chi connectivity index (χ2n) is 6.28. The summed E-state index contributed by atoms with van der Waals surface area (Å²) in [6.45, 7) is 2.68. The van der Waals surface area contributed by atoms with Crippen molar-refractivity contribution in [2.24, 2.45) is 0 Å². The molecule has 0 saturated carbocycles. The highest BCUT2D eigenvalue weighted by atomic mass is 16.6. The largest absolute Gasteiger partial charge is 0.335 e. The van der Waals surface area contributed by atoms with Gasteiger partial charge in [0.15, 0.2) is 0 Å². The van der Waals surface area contributed by atoms with Gasteiger partial charge in [-0.15, -0.1) is 0 Å². The van der Waals surface area contributed by atoms with E-state index in [4.69, 9.17) is 0 Å². The molecule has 2 aromatic rings. The molecule has 0 N–H and O–H groups in total. The Labute approximate surface area is 141 Å². The van der Waals surface area contributed by atoms with Crippen LogP contribution < -0.4 is 0 Å². The zero-order chi connectivity index (χ0) is 17.1. The summed E-state index contributed by atoms with van der Waals surface area (Å²) in [6, 6.07) is 16.5. The number of hydrogen-bond acceptors (Lipinski definition) is 3. The molecule has 0 bridgehead atoms. The molecule has 1 heterocycles. The topological polar surface area (TPSA) is 63.5 Å². The van der Waals surface area contributed by atoms with Gasteiger partial charge in [-0.2, -0.15) is 0 Å². The molecule has 1 aliphatic heterocycles. The van der Waals surface area contributed by atoms with Crippen LogP contribution in [-0.4, -0.2) is 21.8 Å². The average molecular weight is 324 g/mol. The lowest BCUT2D eigenvalue weighted by Crippen LogP contribution is -2.45. The zero-order valence-electron chi connectivity index (χ0n) is 13.6. The summed E-state index contributed by atoms with van der Waals surface area (Å²) in [6.07, 6.45) is 1.71. The van der Waals surface area contributed by atoms with Crippen molar-refractivity contribution in [1.29, 1.82) is 0 Å². The van der Waals surface area contributed by atoms with Crippen LogP contribution in [0.25, 0.3) is 0 Å². The fraction of sp³-hybridized carbons (Fsp3) is 0.316. The van der Waals surface area contributed by atoms with Crippen molar-refractivity contribution in [3.63, 3.8) is 0 Å². The molecular weight excluding hydrogens is 304 g/mol.